The standard InChI is InChI=1S/C11H23N.C2H6.CH3F/c1-2-3-4-6-9-12-10-7-5-8-11-12;2*1-2/h2-11H2,1H3;1-2H3;1H3. The van der Waals surface area contributed by atoms with Crippen LogP contribution in [0.3, 0.4) is 0 Å². The number of likely N-dealkylation sites (tertiary alicyclic amines) is 1. The first-order valence-electron chi connectivity index (χ1n) is 7.03. The quantitative estimate of drug-likeness (QED) is 0.624. The zero-order chi connectivity index (χ0) is 12.6. The molecule has 1 aliphatic rings. The van der Waals surface area contributed by atoms with Crippen LogP contribution in [-0.4, -0.2) is 31.7 Å². The van der Waals surface area contributed by atoms with Crippen LogP contribution in [0.5, 0.6) is 0 Å². The van der Waals surface area contributed by atoms with Gasteiger partial charge >= 0.3 is 0 Å². The summed E-state index contributed by atoms with van der Waals surface area (Å²) in [6.07, 6.45) is 9.99. The molecule has 16 heavy (non-hydrogen) atoms. The lowest BCUT2D eigenvalue weighted by atomic mass is 10.1. The van der Waals surface area contributed by atoms with Crippen LogP contribution >= 0.6 is 0 Å². The molecule has 0 radical (unpaired) electrons. The van der Waals surface area contributed by atoms with Crippen molar-refractivity contribution in [3.63, 3.8) is 0 Å². The van der Waals surface area contributed by atoms with Crippen LogP contribution in [0.4, 0.5) is 4.39 Å². The number of unbranched alkanes of at least 4 members (excludes halogenated alkanes) is 3. The zero-order valence-corrected chi connectivity index (χ0v) is 11.9. The monoisotopic (exact) mass is 233 g/mol. The molecule has 2 heteroatoms. The van der Waals surface area contributed by atoms with Gasteiger partial charge in [-0.3, -0.25) is 4.39 Å². The Hall–Kier alpha value is -0.110. The maximum absolute atomic E-state index is 9.50. The molecule has 0 unspecified atom stereocenters. The molecule has 1 heterocycles. The molecule has 1 saturated heterocycles. The Bertz CT molecular complexity index is 101. The highest BCUT2D eigenvalue weighted by atomic mass is 19.1. The summed E-state index contributed by atoms with van der Waals surface area (Å²) in [6, 6.07) is 0. The van der Waals surface area contributed by atoms with Gasteiger partial charge in [-0.1, -0.05) is 46.5 Å². The van der Waals surface area contributed by atoms with E-state index in [0.29, 0.717) is 7.18 Å². The van der Waals surface area contributed by atoms with Gasteiger partial charge < -0.3 is 4.90 Å². The topological polar surface area (TPSA) is 3.24 Å². The van der Waals surface area contributed by atoms with E-state index in [1.165, 1.54) is 64.6 Å². The minimum absolute atomic E-state index is 0.500. The number of hydrogen-bond acceptors (Lipinski definition) is 1. The molecule has 0 aromatic heterocycles. The Balaban J connectivity index is 0. The van der Waals surface area contributed by atoms with Gasteiger partial charge in [0.2, 0.25) is 0 Å². The molecule has 0 N–H and O–H groups in total. The highest BCUT2D eigenvalue weighted by Crippen LogP contribution is 2.10. The van der Waals surface area contributed by atoms with Crippen LogP contribution in [0.1, 0.15) is 65.7 Å². The SMILES string of the molecule is CC.CCCCCCN1CCCCC1.CF. The van der Waals surface area contributed by atoms with Gasteiger partial charge in [0.1, 0.15) is 0 Å². The molecule has 0 bridgehead atoms. The summed E-state index contributed by atoms with van der Waals surface area (Å²) >= 11 is 0. The Kier molecular flexibility index (Phi) is 19.7. The Morgan fingerprint density at radius 3 is 1.94 bits per heavy atom. The third-order valence-corrected chi connectivity index (χ3v) is 2.78. The third-order valence-electron chi connectivity index (χ3n) is 2.78. The van der Waals surface area contributed by atoms with E-state index in [0.717, 1.165) is 0 Å². The minimum Gasteiger partial charge on any atom is -0.303 e. The molecule has 0 amide bonds. The van der Waals surface area contributed by atoms with E-state index in [1.807, 2.05) is 13.8 Å². The maximum atomic E-state index is 9.50. The molecule has 1 nitrogen and oxygen atoms in total. The van der Waals surface area contributed by atoms with Crippen LogP contribution in [-0.2, 0) is 0 Å². The Morgan fingerprint density at radius 2 is 1.44 bits per heavy atom. The van der Waals surface area contributed by atoms with E-state index >= 15 is 0 Å². The molecule has 1 aliphatic heterocycles. The van der Waals surface area contributed by atoms with Crippen molar-refractivity contribution in [3.05, 3.63) is 0 Å². The first-order chi connectivity index (χ1) is 7.93. The molecule has 0 aromatic carbocycles. The number of piperidine rings is 1. The predicted octanol–water partition coefficient (Wildman–Crippen LogP) is 4.66. The van der Waals surface area contributed by atoms with Gasteiger partial charge in [-0.2, -0.15) is 0 Å². The molecule has 0 atom stereocenters. The average molecular weight is 233 g/mol. The maximum Gasteiger partial charge on any atom is 0.0785 e. The molecule has 0 spiro atoms. The molecule has 100 valence electrons. The van der Waals surface area contributed by atoms with E-state index in [2.05, 4.69) is 11.8 Å². The summed E-state index contributed by atoms with van der Waals surface area (Å²) in [6.45, 7) is 10.4. The Morgan fingerprint density at radius 1 is 0.875 bits per heavy atom. The van der Waals surface area contributed by atoms with Crippen molar-refractivity contribution in [1.29, 1.82) is 0 Å². The lowest BCUT2D eigenvalue weighted by molar-refractivity contribution is 0.224. The van der Waals surface area contributed by atoms with Crippen molar-refractivity contribution in [2.45, 2.75) is 65.7 Å². The van der Waals surface area contributed by atoms with Gasteiger partial charge in [0.05, 0.1) is 7.18 Å². The van der Waals surface area contributed by atoms with Gasteiger partial charge in [0.15, 0.2) is 0 Å². The zero-order valence-electron chi connectivity index (χ0n) is 11.9. The van der Waals surface area contributed by atoms with Crippen molar-refractivity contribution in [1.82, 2.24) is 4.90 Å². The lowest BCUT2D eigenvalue weighted by Gasteiger charge is -2.26. The first kappa shape index (κ1) is 18.3. The summed E-state index contributed by atoms with van der Waals surface area (Å²) in [5, 5.41) is 0. The second-order valence-corrected chi connectivity index (χ2v) is 3.96. The van der Waals surface area contributed by atoms with Crippen LogP contribution in [0.15, 0.2) is 0 Å². The van der Waals surface area contributed by atoms with E-state index in [-0.39, 0.29) is 0 Å². The molecular formula is C14H32FN. The van der Waals surface area contributed by atoms with Crippen molar-refractivity contribution < 1.29 is 4.39 Å². The fourth-order valence-corrected chi connectivity index (χ4v) is 1.95. The van der Waals surface area contributed by atoms with E-state index in [1.54, 1.807) is 0 Å². The minimum atomic E-state index is 0.500. The third kappa shape index (κ3) is 12.0. The molecule has 0 aromatic rings. The van der Waals surface area contributed by atoms with Crippen LogP contribution < -0.4 is 0 Å². The smallest absolute Gasteiger partial charge is 0.0785 e. The lowest BCUT2D eigenvalue weighted by Crippen LogP contribution is -2.30. The van der Waals surface area contributed by atoms with Crippen LogP contribution in [0.2, 0.25) is 0 Å². The van der Waals surface area contributed by atoms with Crippen molar-refractivity contribution in [3.8, 4) is 0 Å². The van der Waals surface area contributed by atoms with Gasteiger partial charge in [0.25, 0.3) is 0 Å². The number of halogens is 1. The van der Waals surface area contributed by atoms with Crippen LogP contribution in [0, 0.1) is 0 Å². The van der Waals surface area contributed by atoms with Crippen molar-refractivity contribution in [2.24, 2.45) is 0 Å². The van der Waals surface area contributed by atoms with Crippen LogP contribution in [0.25, 0.3) is 0 Å². The van der Waals surface area contributed by atoms with Crippen molar-refractivity contribution in [2.75, 3.05) is 26.8 Å². The number of hydrogen-bond donors (Lipinski definition) is 0. The van der Waals surface area contributed by atoms with Gasteiger partial charge in [0, 0.05) is 0 Å². The second-order valence-electron chi connectivity index (χ2n) is 3.96. The van der Waals surface area contributed by atoms with E-state index < -0.39 is 0 Å². The van der Waals surface area contributed by atoms with Gasteiger partial charge in [-0.05, 0) is 38.9 Å². The highest BCUT2D eigenvalue weighted by Gasteiger charge is 2.08. The number of alkyl halides is 1. The summed E-state index contributed by atoms with van der Waals surface area (Å²) < 4.78 is 9.50. The number of nitrogens with zero attached hydrogens (tertiary/aromatic N) is 1. The fourth-order valence-electron chi connectivity index (χ4n) is 1.95. The molecule has 1 fully saturated rings. The summed E-state index contributed by atoms with van der Waals surface area (Å²) in [7, 11) is 0.500. The molecule has 0 saturated carbocycles. The molecule has 0 aliphatic carbocycles. The summed E-state index contributed by atoms with van der Waals surface area (Å²) in [5.41, 5.74) is 0. The molecule has 1 rings (SSSR count). The normalized spacial score (nSPS) is 15.6. The summed E-state index contributed by atoms with van der Waals surface area (Å²) in [4.78, 5) is 2.64. The average Bonchev–Trinajstić information content (AvgIpc) is 2.41. The van der Waals surface area contributed by atoms with Gasteiger partial charge in [-0.15, -0.1) is 0 Å². The number of rotatable bonds is 5. The van der Waals surface area contributed by atoms with E-state index in [4.69, 9.17) is 0 Å². The first-order valence-corrected chi connectivity index (χ1v) is 7.03. The largest absolute Gasteiger partial charge is 0.303 e. The predicted molar refractivity (Wildman–Crippen MR) is 72.8 cm³/mol. The summed E-state index contributed by atoms with van der Waals surface area (Å²) in [5.74, 6) is 0. The second kappa shape index (κ2) is 17.3. The highest BCUT2D eigenvalue weighted by molar-refractivity contribution is 4.63. The van der Waals surface area contributed by atoms with Gasteiger partial charge in [-0.25, -0.2) is 0 Å². The molecular weight excluding hydrogens is 201 g/mol. The van der Waals surface area contributed by atoms with E-state index in [9.17, 15) is 4.39 Å². The Labute approximate surface area is 102 Å². The van der Waals surface area contributed by atoms with Crippen molar-refractivity contribution >= 4 is 0 Å². The fraction of sp³-hybridized carbons (Fsp3) is 1.00.